The topological polar surface area (TPSA) is 115 Å². The van der Waals surface area contributed by atoms with Crippen molar-refractivity contribution < 1.29 is 90.8 Å². The van der Waals surface area contributed by atoms with E-state index in [1.807, 2.05) is 0 Å². The minimum Gasteiger partial charge on any atom is -0.759 e. The molecular weight excluding hydrogens is 526 g/mol. The molecule has 0 aliphatic carbocycles. The Bertz CT molecular complexity index is 452. The van der Waals surface area contributed by atoms with Crippen LogP contribution in [0.1, 0.15) is 142 Å². The van der Waals surface area contributed by atoms with Gasteiger partial charge < -0.3 is 23.3 Å². The van der Waals surface area contributed by atoms with Gasteiger partial charge in [0.05, 0.1) is 26.4 Å². The van der Waals surface area contributed by atoms with Crippen molar-refractivity contribution in [3.63, 3.8) is 0 Å². The number of hydrogen-bond acceptors (Lipinski definition) is 7. The van der Waals surface area contributed by atoms with Crippen LogP contribution in [0.15, 0.2) is 0 Å². The average molecular weight is 585 g/mol. The molecule has 2 aliphatic rings. The van der Waals surface area contributed by atoms with Crippen molar-refractivity contribution >= 4 is 10.4 Å². The van der Waals surface area contributed by atoms with Gasteiger partial charge in [-0.3, -0.25) is 8.42 Å². The molecule has 38 heavy (non-hydrogen) atoms. The molecule has 0 atom stereocenters. The first-order chi connectivity index (χ1) is 17.4. The Morgan fingerprint density at radius 1 is 0.500 bits per heavy atom. The van der Waals surface area contributed by atoms with Crippen LogP contribution in [0.4, 0.5) is 0 Å². The molecule has 0 unspecified atom stereocenters. The van der Waals surface area contributed by atoms with Gasteiger partial charge in [-0.2, -0.15) is 0 Å². The summed E-state index contributed by atoms with van der Waals surface area (Å²) in [6, 6.07) is 0. The number of rotatable bonds is 22. The second-order valence-corrected chi connectivity index (χ2v) is 10.4. The predicted molar refractivity (Wildman–Crippen MR) is 147 cm³/mol. The summed E-state index contributed by atoms with van der Waals surface area (Å²) in [4.78, 5) is 0. The number of unbranched alkanes of at least 4 members (excludes halogenated alkanes) is 18. The van der Waals surface area contributed by atoms with E-state index in [2.05, 4.69) is 23.3 Å². The normalized spacial score (nSPS) is 12.7. The second kappa shape index (κ2) is 40.9. The van der Waals surface area contributed by atoms with Crippen molar-refractivity contribution in [2.24, 2.45) is 0 Å². The fourth-order valence-electron chi connectivity index (χ4n) is 3.49. The van der Waals surface area contributed by atoms with Crippen LogP contribution in [-0.4, -0.2) is 57.2 Å². The molecule has 0 bridgehead atoms. The Kier molecular flexibility index (Phi) is 50.2. The summed E-state index contributed by atoms with van der Waals surface area (Å²) in [5, 5.41) is 0. The van der Waals surface area contributed by atoms with Crippen LogP contribution in [0.2, 0.25) is 0 Å². The fraction of sp³-hybridized carbons (Fsp3) is 1.00. The van der Waals surface area contributed by atoms with E-state index >= 15 is 0 Å². The SMILES string of the molecule is C1CO1.C1CO1.CCCCCCCCCCCCOCCCCCCCCCCCC.O=S(=O)([O-])[O-].[Na+].[Na+]. The van der Waals surface area contributed by atoms with Crippen molar-refractivity contribution in [1.82, 2.24) is 0 Å². The number of epoxide rings is 2. The van der Waals surface area contributed by atoms with E-state index in [0.717, 1.165) is 39.6 Å². The minimum atomic E-state index is -5.17. The van der Waals surface area contributed by atoms with E-state index in [9.17, 15) is 0 Å². The van der Waals surface area contributed by atoms with Gasteiger partial charge >= 0.3 is 59.1 Å². The zero-order valence-electron chi connectivity index (χ0n) is 25.7. The molecule has 0 radical (unpaired) electrons. The minimum absolute atomic E-state index is 0. The van der Waals surface area contributed by atoms with Crippen LogP contribution in [0.5, 0.6) is 0 Å². The third-order valence-electron chi connectivity index (χ3n) is 5.69. The first-order valence-electron chi connectivity index (χ1n) is 14.8. The molecule has 7 nitrogen and oxygen atoms in total. The largest absolute Gasteiger partial charge is 1.00 e. The Balaban J connectivity index is -0.000000364. The van der Waals surface area contributed by atoms with E-state index < -0.39 is 10.4 Å². The summed E-state index contributed by atoms with van der Waals surface area (Å²) < 4.78 is 48.9. The maximum absolute atomic E-state index is 8.52. The van der Waals surface area contributed by atoms with Gasteiger partial charge in [0, 0.05) is 23.6 Å². The molecule has 0 N–H and O–H groups in total. The van der Waals surface area contributed by atoms with Crippen molar-refractivity contribution in [3.8, 4) is 0 Å². The van der Waals surface area contributed by atoms with Crippen molar-refractivity contribution in [3.05, 3.63) is 0 Å². The molecule has 2 rings (SSSR count). The second-order valence-electron chi connectivity index (χ2n) is 9.61. The summed E-state index contributed by atoms with van der Waals surface area (Å²) in [5.74, 6) is 0. The summed E-state index contributed by atoms with van der Waals surface area (Å²) in [6.45, 7) is 10.6. The monoisotopic (exact) mass is 584 g/mol. The Morgan fingerprint density at radius 3 is 0.868 bits per heavy atom. The van der Waals surface area contributed by atoms with Crippen molar-refractivity contribution in [2.45, 2.75) is 142 Å². The van der Waals surface area contributed by atoms with Gasteiger partial charge in [-0.15, -0.1) is 0 Å². The standard InChI is InChI=1S/C24H50O.2C2H4O.2Na.H2O4S/c1-3-5-7-9-11-13-15-17-19-21-23-25-24-22-20-18-16-14-12-10-8-6-4-2;2*1-2-3-1;;;1-5(2,3)4/h3-24H2,1-2H3;2*1-2H2;;;(H2,1,2,3,4)/q;;;2*+1;/p-2. The molecule has 2 aliphatic heterocycles. The Morgan fingerprint density at radius 2 is 0.684 bits per heavy atom. The van der Waals surface area contributed by atoms with E-state index in [1.165, 1.54) is 128 Å². The number of ether oxygens (including phenoxy) is 3. The fourth-order valence-corrected chi connectivity index (χ4v) is 3.49. The zero-order valence-corrected chi connectivity index (χ0v) is 30.5. The van der Waals surface area contributed by atoms with Gasteiger partial charge in [0.1, 0.15) is 0 Å². The van der Waals surface area contributed by atoms with Crippen LogP contribution in [-0.2, 0) is 24.6 Å². The number of hydrogen-bond donors (Lipinski definition) is 0. The molecule has 0 spiro atoms. The molecule has 2 heterocycles. The van der Waals surface area contributed by atoms with E-state index in [-0.39, 0.29) is 59.1 Å². The first kappa shape index (κ1) is 46.7. The Hall–Kier alpha value is 1.75. The Labute approximate surface area is 280 Å². The van der Waals surface area contributed by atoms with Gasteiger partial charge in [-0.25, -0.2) is 0 Å². The van der Waals surface area contributed by atoms with Crippen LogP contribution in [0.25, 0.3) is 0 Å². The van der Waals surface area contributed by atoms with Crippen LogP contribution in [0.3, 0.4) is 0 Å². The van der Waals surface area contributed by atoms with Crippen molar-refractivity contribution in [1.29, 1.82) is 0 Å². The predicted octanol–water partition coefficient (Wildman–Crippen LogP) is 1.55. The molecule has 0 aromatic rings. The summed E-state index contributed by atoms with van der Waals surface area (Å²) >= 11 is 0. The molecule has 220 valence electrons. The molecule has 0 aromatic carbocycles. The molecule has 2 fully saturated rings. The first-order valence-corrected chi connectivity index (χ1v) is 16.1. The van der Waals surface area contributed by atoms with Gasteiger partial charge in [-0.1, -0.05) is 129 Å². The van der Waals surface area contributed by atoms with Gasteiger partial charge in [0.2, 0.25) is 0 Å². The zero-order chi connectivity index (χ0) is 27.0. The third kappa shape index (κ3) is 76.9. The maximum atomic E-state index is 8.52. The molecule has 10 heteroatoms. The van der Waals surface area contributed by atoms with Crippen LogP contribution >= 0.6 is 0 Å². The summed E-state index contributed by atoms with van der Waals surface area (Å²) in [7, 11) is -5.17. The van der Waals surface area contributed by atoms with Gasteiger partial charge in [0.15, 0.2) is 0 Å². The molecular formula is C28H58Na2O7S. The summed E-state index contributed by atoms with van der Waals surface area (Å²) in [5.41, 5.74) is 0. The van der Waals surface area contributed by atoms with E-state index in [0.29, 0.717) is 0 Å². The summed E-state index contributed by atoms with van der Waals surface area (Å²) in [6.07, 6.45) is 28.2. The van der Waals surface area contributed by atoms with Crippen molar-refractivity contribution in [2.75, 3.05) is 39.6 Å². The molecule has 2 saturated heterocycles. The van der Waals surface area contributed by atoms with E-state index in [1.54, 1.807) is 0 Å². The third-order valence-corrected chi connectivity index (χ3v) is 5.69. The van der Waals surface area contributed by atoms with Gasteiger partial charge in [0.25, 0.3) is 0 Å². The van der Waals surface area contributed by atoms with Gasteiger partial charge in [-0.05, 0) is 12.8 Å². The van der Waals surface area contributed by atoms with Crippen LogP contribution in [0, 0.1) is 0 Å². The van der Waals surface area contributed by atoms with E-state index in [4.69, 9.17) is 22.3 Å². The maximum Gasteiger partial charge on any atom is 1.00 e. The van der Waals surface area contributed by atoms with Crippen LogP contribution < -0.4 is 59.1 Å². The molecule has 0 aromatic heterocycles. The molecule has 0 amide bonds. The molecule has 0 saturated carbocycles. The average Bonchev–Trinajstić information content (AvgIpc) is 3.71. The smallest absolute Gasteiger partial charge is 0.759 e. The quantitative estimate of drug-likeness (QED) is 0.0624.